The molecule has 2 fully saturated rings. The lowest BCUT2D eigenvalue weighted by molar-refractivity contribution is -0.119. The number of amides is 1. The highest BCUT2D eigenvalue weighted by Crippen LogP contribution is 2.30. The monoisotopic (exact) mass is 380 g/mol. The summed E-state index contributed by atoms with van der Waals surface area (Å²) >= 11 is 0. The molecule has 0 aromatic heterocycles. The van der Waals surface area contributed by atoms with Gasteiger partial charge >= 0.3 is 0 Å². The van der Waals surface area contributed by atoms with Crippen LogP contribution in [0.15, 0.2) is 24.3 Å². The first-order valence-corrected chi connectivity index (χ1v) is 11.3. The van der Waals surface area contributed by atoms with Crippen molar-refractivity contribution in [3.63, 3.8) is 0 Å². The molecule has 2 aliphatic rings. The number of anilines is 1. The summed E-state index contributed by atoms with van der Waals surface area (Å²) in [5, 5.41) is 5.90. The molecule has 0 radical (unpaired) electrons. The minimum atomic E-state index is -3.51. The summed E-state index contributed by atoms with van der Waals surface area (Å²) in [4.78, 5) is 12.8. The van der Waals surface area contributed by atoms with Crippen molar-refractivity contribution >= 4 is 21.4 Å². The molecule has 7 heteroatoms. The molecule has 1 amide bonds. The standard InChI is InChI=1S/C19H28N2O4S/c1-26(23,24)19(11-13-20-14-12-19)18(22)21-15-7-9-17(10-8-15)25-16-5-3-2-4-6-16/h7-10,16,20H,2-6,11-14H2,1H3,(H,21,22). The van der Waals surface area contributed by atoms with Gasteiger partial charge in [0.1, 0.15) is 5.75 Å². The molecule has 2 N–H and O–H groups in total. The van der Waals surface area contributed by atoms with Crippen molar-refractivity contribution in [3.8, 4) is 5.75 Å². The molecule has 26 heavy (non-hydrogen) atoms. The van der Waals surface area contributed by atoms with Crippen LogP contribution in [0.5, 0.6) is 5.75 Å². The Morgan fingerprint density at radius 3 is 2.31 bits per heavy atom. The fourth-order valence-corrected chi connectivity index (χ4v) is 5.17. The lowest BCUT2D eigenvalue weighted by Gasteiger charge is -2.34. The SMILES string of the molecule is CS(=O)(=O)C1(C(=O)Nc2ccc(OC3CCCCC3)cc2)CCNCC1. The third-order valence-electron chi connectivity index (χ3n) is 5.50. The van der Waals surface area contributed by atoms with Gasteiger partial charge in [0.15, 0.2) is 14.6 Å². The van der Waals surface area contributed by atoms with Crippen LogP contribution in [0.3, 0.4) is 0 Å². The molecule has 1 aliphatic carbocycles. The summed E-state index contributed by atoms with van der Waals surface area (Å²) in [5.41, 5.74) is 0.590. The zero-order valence-electron chi connectivity index (χ0n) is 15.3. The summed E-state index contributed by atoms with van der Waals surface area (Å²) in [5.74, 6) is 0.344. The van der Waals surface area contributed by atoms with Crippen LogP contribution in [0, 0.1) is 0 Å². The Morgan fingerprint density at radius 1 is 1.12 bits per heavy atom. The predicted octanol–water partition coefficient (Wildman–Crippen LogP) is 2.50. The second-order valence-corrected chi connectivity index (χ2v) is 9.70. The number of benzene rings is 1. The summed E-state index contributed by atoms with van der Waals surface area (Å²) in [6.45, 7) is 1.04. The van der Waals surface area contributed by atoms with Crippen LogP contribution in [0.4, 0.5) is 5.69 Å². The van der Waals surface area contributed by atoms with Gasteiger partial charge in [-0.15, -0.1) is 0 Å². The van der Waals surface area contributed by atoms with E-state index in [9.17, 15) is 13.2 Å². The van der Waals surface area contributed by atoms with E-state index in [2.05, 4.69) is 10.6 Å². The Labute approximate surface area is 155 Å². The van der Waals surface area contributed by atoms with Crippen LogP contribution in [-0.4, -0.2) is 44.5 Å². The maximum atomic E-state index is 12.8. The van der Waals surface area contributed by atoms with Crippen molar-refractivity contribution in [2.75, 3.05) is 24.7 Å². The topological polar surface area (TPSA) is 84.5 Å². The van der Waals surface area contributed by atoms with Crippen LogP contribution >= 0.6 is 0 Å². The number of carbonyl (C=O) groups excluding carboxylic acids is 1. The maximum absolute atomic E-state index is 12.8. The quantitative estimate of drug-likeness (QED) is 0.820. The second kappa shape index (κ2) is 7.96. The van der Waals surface area contributed by atoms with E-state index < -0.39 is 20.5 Å². The molecule has 1 aromatic rings. The number of ether oxygens (including phenoxy) is 1. The molecular formula is C19H28N2O4S. The average Bonchev–Trinajstić information content (AvgIpc) is 2.64. The Bertz CT molecular complexity index is 718. The van der Waals surface area contributed by atoms with Crippen molar-refractivity contribution < 1.29 is 17.9 Å². The van der Waals surface area contributed by atoms with Crippen LogP contribution in [-0.2, 0) is 14.6 Å². The highest BCUT2D eigenvalue weighted by atomic mass is 32.2. The van der Waals surface area contributed by atoms with Crippen LogP contribution in [0.25, 0.3) is 0 Å². The van der Waals surface area contributed by atoms with Gasteiger partial charge in [0.05, 0.1) is 6.10 Å². The molecule has 1 aromatic carbocycles. The third-order valence-corrected chi connectivity index (χ3v) is 7.52. The maximum Gasteiger partial charge on any atom is 0.245 e. The second-order valence-electron chi connectivity index (χ2n) is 7.37. The smallest absolute Gasteiger partial charge is 0.245 e. The van der Waals surface area contributed by atoms with Crippen molar-refractivity contribution in [2.45, 2.75) is 55.8 Å². The van der Waals surface area contributed by atoms with Gasteiger partial charge in [-0.1, -0.05) is 6.42 Å². The van der Waals surface area contributed by atoms with Gasteiger partial charge in [-0.3, -0.25) is 4.79 Å². The van der Waals surface area contributed by atoms with Gasteiger partial charge in [0, 0.05) is 11.9 Å². The first kappa shape index (κ1) is 19.2. The molecule has 6 nitrogen and oxygen atoms in total. The lowest BCUT2D eigenvalue weighted by atomic mass is 9.95. The first-order chi connectivity index (χ1) is 12.4. The molecule has 1 saturated heterocycles. The Morgan fingerprint density at radius 2 is 1.73 bits per heavy atom. The van der Waals surface area contributed by atoms with E-state index in [0.29, 0.717) is 31.6 Å². The number of sulfone groups is 1. The van der Waals surface area contributed by atoms with Crippen molar-refractivity contribution in [3.05, 3.63) is 24.3 Å². The molecule has 1 heterocycles. The Balaban J connectivity index is 1.66. The number of piperidine rings is 1. The lowest BCUT2D eigenvalue weighted by Crippen LogP contribution is -2.55. The van der Waals surface area contributed by atoms with Gasteiger partial charge < -0.3 is 15.4 Å². The molecule has 0 bridgehead atoms. The number of carbonyl (C=O) groups is 1. The Hall–Kier alpha value is -1.60. The minimum absolute atomic E-state index is 0.271. The van der Waals surface area contributed by atoms with Gasteiger partial charge in [-0.05, 0) is 75.9 Å². The molecule has 144 valence electrons. The van der Waals surface area contributed by atoms with E-state index in [1.54, 1.807) is 12.1 Å². The predicted molar refractivity (Wildman–Crippen MR) is 102 cm³/mol. The summed E-state index contributed by atoms with van der Waals surface area (Å²) < 4.78 is 29.3. The number of hydrogen-bond donors (Lipinski definition) is 2. The van der Waals surface area contributed by atoms with E-state index in [4.69, 9.17) is 4.74 Å². The van der Waals surface area contributed by atoms with Crippen LogP contribution < -0.4 is 15.4 Å². The highest BCUT2D eigenvalue weighted by molar-refractivity contribution is 7.92. The molecule has 0 atom stereocenters. The summed E-state index contributed by atoms with van der Waals surface area (Å²) in [6, 6.07) is 7.21. The molecular weight excluding hydrogens is 352 g/mol. The molecule has 0 spiro atoms. The number of nitrogens with one attached hydrogen (secondary N) is 2. The normalized spacial score (nSPS) is 21.1. The van der Waals surface area contributed by atoms with E-state index in [1.807, 2.05) is 12.1 Å². The van der Waals surface area contributed by atoms with Gasteiger partial charge in [-0.25, -0.2) is 8.42 Å². The molecule has 1 aliphatic heterocycles. The Kier molecular flexibility index (Phi) is 5.87. The molecule has 1 saturated carbocycles. The van der Waals surface area contributed by atoms with Crippen LogP contribution in [0.2, 0.25) is 0 Å². The van der Waals surface area contributed by atoms with Crippen molar-refractivity contribution in [1.29, 1.82) is 0 Å². The average molecular weight is 381 g/mol. The highest BCUT2D eigenvalue weighted by Gasteiger charge is 2.48. The van der Waals surface area contributed by atoms with Crippen LogP contribution in [0.1, 0.15) is 44.9 Å². The van der Waals surface area contributed by atoms with Gasteiger partial charge in [-0.2, -0.15) is 0 Å². The first-order valence-electron chi connectivity index (χ1n) is 9.39. The van der Waals surface area contributed by atoms with E-state index in [-0.39, 0.29) is 6.10 Å². The fraction of sp³-hybridized carbons (Fsp3) is 0.632. The van der Waals surface area contributed by atoms with E-state index in [1.165, 1.54) is 19.3 Å². The minimum Gasteiger partial charge on any atom is -0.490 e. The largest absolute Gasteiger partial charge is 0.490 e. The van der Waals surface area contributed by atoms with Gasteiger partial charge in [0.2, 0.25) is 5.91 Å². The summed E-state index contributed by atoms with van der Waals surface area (Å²) in [6.07, 6.45) is 7.88. The van der Waals surface area contributed by atoms with Gasteiger partial charge in [0.25, 0.3) is 0 Å². The third kappa shape index (κ3) is 4.20. The molecule has 3 rings (SSSR count). The number of rotatable bonds is 5. The zero-order valence-corrected chi connectivity index (χ0v) is 16.1. The fourth-order valence-electron chi connectivity index (χ4n) is 3.83. The van der Waals surface area contributed by atoms with Crippen molar-refractivity contribution in [1.82, 2.24) is 5.32 Å². The zero-order chi connectivity index (χ0) is 18.6. The van der Waals surface area contributed by atoms with E-state index in [0.717, 1.165) is 24.8 Å². The summed E-state index contributed by atoms with van der Waals surface area (Å²) in [7, 11) is -3.51. The van der Waals surface area contributed by atoms with Crippen molar-refractivity contribution in [2.24, 2.45) is 0 Å². The number of hydrogen-bond acceptors (Lipinski definition) is 5. The van der Waals surface area contributed by atoms with E-state index >= 15 is 0 Å². The molecule has 0 unspecified atom stereocenters.